The highest BCUT2D eigenvalue weighted by Gasteiger charge is 2.36. The van der Waals surface area contributed by atoms with Crippen LogP contribution in [-0.4, -0.2) is 39.0 Å². The molecule has 3 aliphatic rings. The molecule has 2 saturated heterocycles. The zero-order valence-corrected chi connectivity index (χ0v) is 14.0. The van der Waals surface area contributed by atoms with Gasteiger partial charge >= 0.3 is 0 Å². The summed E-state index contributed by atoms with van der Waals surface area (Å²) >= 11 is 0. The van der Waals surface area contributed by atoms with Crippen molar-refractivity contribution in [3.8, 4) is 0 Å². The van der Waals surface area contributed by atoms with Gasteiger partial charge in [0.05, 0.1) is 38.2 Å². The fraction of sp³-hybridized carbons (Fsp3) is 0.889. The van der Waals surface area contributed by atoms with Gasteiger partial charge < -0.3 is 18.9 Å². The van der Waals surface area contributed by atoms with Gasteiger partial charge in [-0.05, 0) is 25.7 Å². The molecule has 3 rings (SSSR count). The molecule has 0 bridgehead atoms. The summed E-state index contributed by atoms with van der Waals surface area (Å²) in [6.07, 6.45) is 6.87. The maximum absolute atomic E-state index is 13.1. The quantitative estimate of drug-likeness (QED) is 0.769. The fourth-order valence-electron chi connectivity index (χ4n) is 3.52. The molecule has 0 amide bonds. The van der Waals surface area contributed by atoms with Gasteiger partial charge in [0.25, 0.3) is 0 Å². The molecule has 0 spiro atoms. The maximum Gasteiger partial charge on any atom is 0.164 e. The molecule has 2 aliphatic heterocycles. The minimum atomic E-state index is -0.212. The molecule has 5 heteroatoms. The van der Waals surface area contributed by atoms with Crippen LogP contribution in [-0.2, 0) is 18.9 Å². The molecular formula is C18H29FO4. The number of unbranched alkanes of at least 4 members (excludes halogenated alkanes) is 1. The van der Waals surface area contributed by atoms with E-state index >= 15 is 0 Å². The molecule has 23 heavy (non-hydrogen) atoms. The number of rotatable bonds is 5. The molecule has 1 unspecified atom stereocenters. The summed E-state index contributed by atoms with van der Waals surface area (Å²) in [6, 6.07) is 0. The minimum Gasteiger partial charge on any atom is -0.352 e. The van der Waals surface area contributed by atoms with E-state index in [0.29, 0.717) is 32.0 Å². The largest absolute Gasteiger partial charge is 0.352 e. The molecular weight excluding hydrogens is 299 g/mol. The van der Waals surface area contributed by atoms with Crippen LogP contribution in [0.25, 0.3) is 0 Å². The standard InChI is InChI=1S/C18H29FO4/c1-2-3-4-13-9-20-18(21-10-13)15-11-22-17(23-12-15)14-5-7-16(19)8-6-14/h7,13-15,17-18H,2-6,8-12H2,1H3. The zero-order valence-electron chi connectivity index (χ0n) is 14.0. The van der Waals surface area contributed by atoms with Crippen molar-refractivity contribution in [2.45, 2.75) is 58.0 Å². The molecule has 1 atom stereocenters. The van der Waals surface area contributed by atoms with Gasteiger partial charge in [0.1, 0.15) is 0 Å². The average Bonchev–Trinajstić information content (AvgIpc) is 2.61. The van der Waals surface area contributed by atoms with Crippen LogP contribution in [0.2, 0.25) is 0 Å². The van der Waals surface area contributed by atoms with Crippen molar-refractivity contribution < 1.29 is 23.3 Å². The Kier molecular flexibility index (Phi) is 6.45. The Bertz CT molecular complexity index is 384. The molecule has 4 nitrogen and oxygen atoms in total. The lowest BCUT2D eigenvalue weighted by Crippen LogP contribution is -2.46. The van der Waals surface area contributed by atoms with E-state index in [-0.39, 0.29) is 30.2 Å². The smallest absolute Gasteiger partial charge is 0.164 e. The van der Waals surface area contributed by atoms with Crippen LogP contribution in [0.15, 0.2) is 11.9 Å². The molecule has 2 heterocycles. The van der Waals surface area contributed by atoms with Crippen molar-refractivity contribution in [2.24, 2.45) is 17.8 Å². The van der Waals surface area contributed by atoms with Crippen molar-refractivity contribution in [1.29, 1.82) is 0 Å². The van der Waals surface area contributed by atoms with Crippen LogP contribution >= 0.6 is 0 Å². The summed E-state index contributed by atoms with van der Waals surface area (Å²) in [5.41, 5.74) is 0. The molecule has 1 aliphatic carbocycles. The van der Waals surface area contributed by atoms with Gasteiger partial charge in [0.15, 0.2) is 12.6 Å². The van der Waals surface area contributed by atoms with Crippen LogP contribution in [0, 0.1) is 17.8 Å². The molecule has 2 fully saturated rings. The molecule has 132 valence electrons. The predicted molar refractivity (Wildman–Crippen MR) is 84.4 cm³/mol. The Morgan fingerprint density at radius 2 is 1.65 bits per heavy atom. The third kappa shape index (κ3) is 4.75. The van der Waals surface area contributed by atoms with Gasteiger partial charge in [0.2, 0.25) is 0 Å². The molecule has 0 aromatic rings. The van der Waals surface area contributed by atoms with Gasteiger partial charge in [-0.15, -0.1) is 0 Å². The third-order valence-electron chi connectivity index (χ3n) is 5.07. The third-order valence-corrected chi connectivity index (χ3v) is 5.07. The molecule has 0 saturated carbocycles. The topological polar surface area (TPSA) is 36.9 Å². The summed E-state index contributed by atoms with van der Waals surface area (Å²) in [4.78, 5) is 0. The Balaban J connectivity index is 1.38. The average molecular weight is 328 g/mol. The second kappa shape index (κ2) is 8.56. The Morgan fingerprint density at radius 1 is 1.00 bits per heavy atom. The van der Waals surface area contributed by atoms with Crippen molar-refractivity contribution >= 4 is 0 Å². The summed E-state index contributed by atoms with van der Waals surface area (Å²) in [5.74, 6) is 0.918. The number of halogens is 1. The highest BCUT2D eigenvalue weighted by molar-refractivity contribution is 4.98. The SMILES string of the molecule is CCCCC1COC(C2COC(C3CC=C(F)CC3)OC2)OC1. The van der Waals surface area contributed by atoms with Crippen LogP contribution in [0.1, 0.15) is 45.4 Å². The van der Waals surface area contributed by atoms with E-state index < -0.39 is 0 Å². The zero-order chi connectivity index (χ0) is 16.1. The first-order chi connectivity index (χ1) is 11.3. The minimum absolute atomic E-state index is 0.00318. The van der Waals surface area contributed by atoms with Crippen LogP contribution in [0.3, 0.4) is 0 Å². The Hall–Kier alpha value is -0.490. The van der Waals surface area contributed by atoms with E-state index in [4.69, 9.17) is 18.9 Å². The molecule has 0 N–H and O–H groups in total. The highest BCUT2D eigenvalue weighted by Crippen LogP contribution is 2.32. The van der Waals surface area contributed by atoms with E-state index in [1.165, 1.54) is 19.3 Å². The van der Waals surface area contributed by atoms with Crippen LogP contribution in [0.5, 0.6) is 0 Å². The summed E-state index contributed by atoms with van der Waals surface area (Å²) < 4.78 is 36.6. The van der Waals surface area contributed by atoms with Gasteiger partial charge in [-0.2, -0.15) is 0 Å². The number of hydrogen-bond donors (Lipinski definition) is 0. The van der Waals surface area contributed by atoms with Gasteiger partial charge in [-0.3, -0.25) is 0 Å². The highest BCUT2D eigenvalue weighted by atomic mass is 19.1. The second-order valence-corrected chi connectivity index (χ2v) is 7.02. The number of allylic oxidation sites excluding steroid dienone is 2. The first kappa shape index (κ1) is 17.3. The Labute approximate surface area is 138 Å². The van der Waals surface area contributed by atoms with Crippen LogP contribution in [0.4, 0.5) is 4.39 Å². The summed E-state index contributed by atoms with van der Waals surface area (Å²) in [6.45, 7) is 4.95. The lowest BCUT2D eigenvalue weighted by Gasteiger charge is -2.39. The van der Waals surface area contributed by atoms with Crippen molar-refractivity contribution in [1.82, 2.24) is 0 Å². The maximum atomic E-state index is 13.1. The first-order valence-corrected chi connectivity index (χ1v) is 9.07. The number of hydrogen-bond acceptors (Lipinski definition) is 4. The Morgan fingerprint density at radius 3 is 2.26 bits per heavy atom. The van der Waals surface area contributed by atoms with Gasteiger partial charge in [-0.25, -0.2) is 4.39 Å². The normalized spacial score (nSPS) is 39.0. The van der Waals surface area contributed by atoms with E-state index in [1.54, 1.807) is 6.08 Å². The second-order valence-electron chi connectivity index (χ2n) is 7.02. The van der Waals surface area contributed by atoms with Crippen molar-refractivity contribution in [3.05, 3.63) is 11.9 Å². The van der Waals surface area contributed by atoms with Crippen LogP contribution < -0.4 is 0 Å². The van der Waals surface area contributed by atoms with E-state index in [0.717, 1.165) is 19.6 Å². The van der Waals surface area contributed by atoms with E-state index in [1.807, 2.05) is 0 Å². The lowest BCUT2D eigenvalue weighted by atomic mass is 9.92. The van der Waals surface area contributed by atoms with E-state index in [9.17, 15) is 4.39 Å². The van der Waals surface area contributed by atoms with Gasteiger partial charge in [-0.1, -0.05) is 25.8 Å². The number of ether oxygens (including phenoxy) is 4. The molecule has 0 aromatic heterocycles. The van der Waals surface area contributed by atoms with Crippen molar-refractivity contribution in [3.63, 3.8) is 0 Å². The predicted octanol–water partition coefficient (Wildman–Crippen LogP) is 3.81. The summed E-state index contributed by atoms with van der Waals surface area (Å²) in [7, 11) is 0. The van der Waals surface area contributed by atoms with E-state index in [2.05, 4.69) is 6.92 Å². The molecule has 0 aromatic carbocycles. The lowest BCUT2D eigenvalue weighted by molar-refractivity contribution is -0.290. The molecule has 0 radical (unpaired) electrons. The van der Waals surface area contributed by atoms with Crippen molar-refractivity contribution in [2.75, 3.05) is 26.4 Å². The summed E-state index contributed by atoms with van der Waals surface area (Å²) in [5, 5.41) is 0. The van der Waals surface area contributed by atoms with Gasteiger partial charge in [0, 0.05) is 11.8 Å². The fourth-order valence-corrected chi connectivity index (χ4v) is 3.52. The monoisotopic (exact) mass is 328 g/mol. The first-order valence-electron chi connectivity index (χ1n) is 9.07.